The number of aryl methyl sites for hydroxylation is 1. The van der Waals surface area contributed by atoms with Gasteiger partial charge >= 0.3 is 11.9 Å². The average molecular weight is 358 g/mol. The Morgan fingerprint density at radius 1 is 1.24 bits per heavy atom. The lowest BCUT2D eigenvalue weighted by Crippen LogP contribution is -2.40. The molecule has 1 rings (SSSR count). The highest BCUT2D eigenvalue weighted by Gasteiger charge is 2.21. The van der Waals surface area contributed by atoms with E-state index in [0.29, 0.717) is 5.56 Å². The number of carboxylic acids is 2. The van der Waals surface area contributed by atoms with Gasteiger partial charge in [0.05, 0.1) is 0 Å². The zero-order valence-electron chi connectivity index (χ0n) is 11.4. The van der Waals surface area contributed by atoms with Crippen molar-refractivity contribution in [1.82, 2.24) is 5.32 Å². The van der Waals surface area contributed by atoms with Gasteiger partial charge in [0.15, 0.2) is 0 Å². The van der Waals surface area contributed by atoms with Gasteiger partial charge in [0, 0.05) is 16.5 Å². The number of aliphatic carboxylic acids is 2. The largest absolute Gasteiger partial charge is 0.481 e. The Bertz CT molecular complexity index is 538. The van der Waals surface area contributed by atoms with E-state index < -0.39 is 23.9 Å². The molecule has 1 atom stereocenters. The molecule has 0 spiro atoms. The van der Waals surface area contributed by atoms with Crippen molar-refractivity contribution in [2.45, 2.75) is 32.2 Å². The van der Waals surface area contributed by atoms with Crippen LogP contribution in [-0.2, 0) is 9.59 Å². The Morgan fingerprint density at radius 3 is 2.43 bits per heavy atom. The molecule has 0 aliphatic rings. The van der Waals surface area contributed by atoms with Crippen LogP contribution in [0, 0.1) is 6.92 Å². The van der Waals surface area contributed by atoms with Crippen LogP contribution in [0.3, 0.4) is 0 Å². The second kappa shape index (κ2) is 7.78. The molecule has 0 bridgehead atoms. The first-order valence-electron chi connectivity index (χ1n) is 6.32. The molecule has 0 saturated carbocycles. The first kappa shape index (κ1) is 17.2. The fourth-order valence-corrected chi connectivity index (χ4v) is 2.43. The average Bonchev–Trinajstić information content (AvgIpc) is 2.35. The third kappa shape index (κ3) is 5.95. The number of rotatable bonds is 7. The lowest BCUT2D eigenvalue weighted by Gasteiger charge is -2.14. The number of carbonyl (C=O) groups excluding carboxylic acids is 1. The Balaban J connectivity index is 2.71. The highest BCUT2D eigenvalue weighted by Crippen LogP contribution is 2.15. The van der Waals surface area contributed by atoms with Gasteiger partial charge in [-0.25, -0.2) is 4.79 Å². The van der Waals surface area contributed by atoms with Crippen LogP contribution in [0.4, 0.5) is 0 Å². The highest BCUT2D eigenvalue weighted by atomic mass is 79.9. The molecule has 0 aromatic heterocycles. The van der Waals surface area contributed by atoms with Gasteiger partial charge in [-0.15, -0.1) is 0 Å². The highest BCUT2D eigenvalue weighted by molar-refractivity contribution is 9.10. The summed E-state index contributed by atoms with van der Waals surface area (Å²) in [7, 11) is 0. The van der Waals surface area contributed by atoms with Crippen molar-refractivity contribution >= 4 is 33.8 Å². The molecule has 1 aromatic carbocycles. The maximum absolute atomic E-state index is 12.0. The van der Waals surface area contributed by atoms with E-state index in [2.05, 4.69) is 21.2 Å². The SMILES string of the molecule is Cc1cc(Br)cc(C(=O)N[C@H](CCCC(=O)O)C(=O)O)c1. The van der Waals surface area contributed by atoms with Crippen LogP contribution in [0.2, 0.25) is 0 Å². The van der Waals surface area contributed by atoms with Crippen LogP contribution >= 0.6 is 15.9 Å². The summed E-state index contributed by atoms with van der Waals surface area (Å²) in [6, 6.07) is 3.98. The molecule has 0 aliphatic heterocycles. The molecule has 0 aliphatic carbocycles. The molecule has 1 amide bonds. The van der Waals surface area contributed by atoms with Crippen molar-refractivity contribution in [2.24, 2.45) is 0 Å². The fourth-order valence-electron chi connectivity index (χ4n) is 1.82. The van der Waals surface area contributed by atoms with Crippen molar-refractivity contribution in [3.63, 3.8) is 0 Å². The van der Waals surface area contributed by atoms with Gasteiger partial charge in [-0.05, 0) is 43.5 Å². The second-order valence-electron chi connectivity index (χ2n) is 4.67. The van der Waals surface area contributed by atoms with Crippen LogP contribution < -0.4 is 5.32 Å². The number of amides is 1. The van der Waals surface area contributed by atoms with Crippen molar-refractivity contribution in [3.8, 4) is 0 Å². The van der Waals surface area contributed by atoms with Crippen LogP contribution in [0.1, 0.15) is 35.2 Å². The van der Waals surface area contributed by atoms with Crippen LogP contribution in [-0.4, -0.2) is 34.1 Å². The minimum atomic E-state index is -1.18. The first-order chi connectivity index (χ1) is 9.79. The molecule has 1 aromatic rings. The van der Waals surface area contributed by atoms with E-state index in [1.807, 2.05) is 13.0 Å². The molecule has 0 unspecified atom stereocenters. The topological polar surface area (TPSA) is 104 Å². The van der Waals surface area contributed by atoms with Crippen molar-refractivity contribution in [3.05, 3.63) is 33.8 Å². The first-order valence-corrected chi connectivity index (χ1v) is 7.11. The van der Waals surface area contributed by atoms with Gasteiger partial charge in [-0.3, -0.25) is 9.59 Å². The maximum Gasteiger partial charge on any atom is 0.326 e. The standard InChI is InChI=1S/C14H16BrNO5/c1-8-5-9(7-10(15)6-8)13(19)16-11(14(20)21)3-2-4-12(17)18/h5-7,11H,2-4H2,1H3,(H,16,19)(H,17,18)(H,20,21)/t11-/m1/s1. The molecule has 7 heteroatoms. The number of carbonyl (C=O) groups is 3. The zero-order chi connectivity index (χ0) is 16.0. The van der Waals surface area contributed by atoms with E-state index in [-0.39, 0.29) is 19.3 Å². The van der Waals surface area contributed by atoms with Crippen LogP contribution in [0.5, 0.6) is 0 Å². The molecular formula is C14H16BrNO5. The quantitative estimate of drug-likeness (QED) is 0.693. The molecule has 0 radical (unpaired) electrons. The Labute approximate surface area is 130 Å². The van der Waals surface area contributed by atoms with E-state index >= 15 is 0 Å². The minimum absolute atomic E-state index is 0.0698. The summed E-state index contributed by atoms with van der Waals surface area (Å²) >= 11 is 3.27. The summed E-state index contributed by atoms with van der Waals surface area (Å²) in [4.78, 5) is 33.6. The van der Waals surface area contributed by atoms with Gasteiger partial charge in [-0.1, -0.05) is 15.9 Å². The second-order valence-corrected chi connectivity index (χ2v) is 5.58. The van der Waals surface area contributed by atoms with Crippen molar-refractivity contribution in [2.75, 3.05) is 0 Å². The molecule has 21 heavy (non-hydrogen) atoms. The van der Waals surface area contributed by atoms with Gasteiger partial charge in [0.1, 0.15) is 6.04 Å². The summed E-state index contributed by atoms with van der Waals surface area (Å²) < 4.78 is 0.727. The lowest BCUT2D eigenvalue weighted by atomic mass is 10.1. The number of nitrogens with one attached hydrogen (secondary N) is 1. The zero-order valence-corrected chi connectivity index (χ0v) is 13.0. The Morgan fingerprint density at radius 2 is 1.90 bits per heavy atom. The predicted molar refractivity (Wildman–Crippen MR) is 79.3 cm³/mol. The molecule has 3 N–H and O–H groups in total. The Hall–Kier alpha value is -1.89. The van der Waals surface area contributed by atoms with E-state index in [0.717, 1.165) is 10.0 Å². The summed E-state index contributed by atoms with van der Waals surface area (Å²) in [6.07, 6.45) is 0.125. The fraction of sp³-hybridized carbons (Fsp3) is 0.357. The summed E-state index contributed by atoms with van der Waals surface area (Å²) in [5.74, 6) is -2.67. The smallest absolute Gasteiger partial charge is 0.326 e. The summed E-state index contributed by atoms with van der Waals surface area (Å²) in [6.45, 7) is 1.82. The number of hydrogen-bond donors (Lipinski definition) is 3. The Kier molecular flexibility index (Phi) is 6.36. The van der Waals surface area contributed by atoms with E-state index in [9.17, 15) is 14.4 Å². The molecule has 0 fully saturated rings. The molecule has 0 heterocycles. The van der Waals surface area contributed by atoms with E-state index in [1.165, 1.54) is 0 Å². The lowest BCUT2D eigenvalue weighted by molar-refractivity contribution is -0.140. The van der Waals surface area contributed by atoms with E-state index in [1.54, 1.807) is 12.1 Å². The maximum atomic E-state index is 12.0. The number of carboxylic acid groups (broad SMARTS) is 2. The van der Waals surface area contributed by atoms with Gasteiger partial charge in [0.2, 0.25) is 0 Å². The van der Waals surface area contributed by atoms with Crippen molar-refractivity contribution in [1.29, 1.82) is 0 Å². The molecule has 0 saturated heterocycles. The van der Waals surface area contributed by atoms with Crippen LogP contribution in [0.15, 0.2) is 22.7 Å². The normalized spacial score (nSPS) is 11.7. The van der Waals surface area contributed by atoms with Gasteiger partial charge in [0.25, 0.3) is 5.91 Å². The molecule has 6 nitrogen and oxygen atoms in total. The molecule has 114 valence electrons. The van der Waals surface area contributed by atoms with E-state index in [4.69, 9.17) is 10.2 Å². The predicted octanol–water partition coefficient (Wildman–Crippen LogP) is 2.20. The monoisotopic (exact) mass is 357 g/mol. The third-order valence-corrected chi connectivity index (χ3v) is 3.25. The van der Waals surface area contributed by atoms with Gasteiger partial charge in [-0.2, -0.15) is 0 Å². The third-order valence-electron chi connectivity index (χ3n) is 2.79. The van der Waals surface area contributed by atoms with Crippen molar-refractivity contribution < 1.29 is 24.6 Å². The summed E-state index contributed by atoms with van der Waals surface area (Å²) in [5.41, 5.74) is 1.22. The number of hydrogen-bond acceptors (Lipinski definition) is 3. The van der Waals surface area contributed by atoms with Crippen LogP contribution in [0.25, 0.3) is 0 Å². The minimum Gasteiger partial charge on any atom is -0.481 e. The number of halogens is 1. The summed E-state index contributed by atoms with van der Waals surface area (Å²) in [5, 5.41) is 20.0. The molecular weight excluding hydrogens is 342 g/mol. The number of benzene rings is 1. The van der Waals surface area contributed by atoms with Gasteiger partial charge < -0.3 is 15.5 Å².